The van der Waals surface area contributed by atoms with Crippen LogP contribution in [-0.4, -0.2) is 44.9 Å². The third-order valence-electron chi connectivity index (χ3n) is 4.47. The van der Waals surface area contributed by atoms with E-state index in [0.29, 0.717) is 19.0 Å². The smallest absolute Gasteiger partial charge is 0.243 e. The molecule has 1 fully saturated rings. The lowest BCUT2D eigenvalue weighted by Crippen LogP contribution is -2.40. The highest BCUT2D eigenvalue weighted by atomic mass is 32.2. The number of hydrogen-bond donors (Lipinski definition) is 1. The van der Waals surface area contributed by atoms with Crippen molar-refractivity contribution in [2.75, 3.05) is 31.6 Å². The van der Waals surface area contributed by atoms with Crippen LogP contribution in [0.15, 0.2) is 47.4 Å². The van der Waals surface area contributed by atoms with Gasteiger partial charge >= 0.3 is 0 Å². The predicted octanol–water partition coefficient (Wildman–Crippen LogP) is 3.62. The second-order valence-corrected chi connectivity index (χ2v) is 9.31. The van der Waals surface area contributed by atoms with Gasteiger partial charge in [0.05, 0.1) is 23.8 Å². The molecule has 0 unspecified atom stereocenters. The summed E-state index contributed by atoms with van der Waals surface area (Å²) in [6.07, 6.45) is 0.274. The highest BCUT2D eigenvalue weighted by molar-refractivity contribution is 7.89. The molecule has 1 aliphatic heterocycles. The number of carbonyl (C=O) groups is 1. The molecule has 2 aromatic rings. The minimum absolute atomic E-state index is 0.0516. The number of sulfonamides is 1. The summed E-state index contributed by atoms with van der Waals surface area (Å²) in [6, 6.07) is 9.72. The van der Waals surface area contributed by atoms with E-state index in [0.717, 1.165) is 0 Å². The average molecular weight is 437 g/mol. The van der Waals surface area contributed by atoms with Crippen LogP contribution in [-0.2, 0) is 19.6 Å². The monoisotopic (exact) mass is 436 g/mol. The van der Waals surface area contributed by atoms with E-state index in [9.17, 15) is 17.6 Å². The summed E-state index contributed by atoms with van der Waals surface area (Å²) in [6.45, 7) is 5.03. The number of hydrogen-bond acceptors (Lipinski definition) is 5. The highest BCUT2D eigenvalue weighted by Gasteiger charge is 2.27. The zero-order valence-corrected chi connectivity index (χ0v) is 17.7. The van der Waals surface area contributed by atoms with Crippen molar-refractivity contribution in [1.82, 2.24) is 4.31 Å². The Hall–Kier alpha value is -2.49. The fourth-order valence-corrected chi connectivity index (χ4v) is 4.43. The van der Waals surface area contributed by atoms with Gasteiger partial charge < -0.3 is 14.8 Å². The summed E-state index contributed by atoms with van der Waals surface area (Å²) in [5, 5.41) is 2.74. The predicted molar refractivity (Wildman–Crippen MR) is 111 cm³/mol. The van der Waals surface area contributed by atoms with Crippen LogP contribution in [0.2, 0.25) is 0 Å². The summed E-state index contributed by atoms with van der Waals surface area (Å²) in [5.74, 6) is 0.0977. The number of ether oxygens (including phenoxy) is 2. The van der Waals surface area contributed by atoms with Gasteiger partial charge in [-0.15, -0.1) is 0 Å². The summed E-state index contributed by atoms with van der Waals surface area (Å²) in [5.41, 5.74) is 0.235. The molecule has 1 amide bonds. The summed E-state index contributed by atoms with van der Waals surface area (Å²) < 4.78 is 51.5. The molecule has 2 aromatic carbocycles. The van der Waals surface area contributed by atoms with Gasteiger partial charge in [-0.25, -0.2) is 12.8 Å². The Labute approximate surface area is 175 Å². The minimum Gasteiger partial charge on any atom is -0.455 e. The molecular formula is C21H25FN2O5S. The average Bonchev–Trinajstić information content (AvgIpc) is 2.71. The summed E-state index contributed by atoms with van der Waals surface area (Å²) in [4.78, 5) is 12.4. The number of nitrogens with zero attached hydrogens (tertiary/aromatic N) is 1. The Morgan fingerprint density at radius 1 is 1.17 bits per heavy atom. The van der Waals surface area contributed by atoms with Crippen LogP contribution in [0.25, 0.3) is 0 Å². The molecule has 1 heterocycles. The van der Waals surface area contributed by atoms with Crippen molar-refractivity contribution in [3.8, 4) is 11.5 Å². The Morgan fingerprint density at radius 3 is 2.47 bits per heavy atom. The van der Waals surface area contributed by atoms with Crippen molar-refractivity contribution in [3.63, 3.8) is 0 Å². The van der Waals surface area contributed by atoms with Gasteiger partial charge in [-0.1, -0.05) is 13.8 Å². The Bertz CT molecular complexity index is 987. The van der Waals surface area contributed by atoms with E-state index in [1.807, 2.05) is 13.8 Å². The molecule has 9 heteroatoms. The zero-order chi connectivity index (χ0) is 21.7. The van der Waals surface area contributed by atoms with Crippen molar-refractivity contribution in [1.29, 1.82) is 0 Å². The van der Waals surface area contributed by atoms with E-state index >= 15 is 0 Å². The first-order chi connectivity index (χ1) is 14.3. The van der Waals surface area contributed by atoms with Crippen molar-refractivity contribution in [3.05, 3.63) is 48.3 Å². The largest absolute Gasteiger partial charge is 0.455 e. The number of anilines is 1. The van der Waals surface area contributed by atoms with Gasteiger partial charge in [0, 0.05) is 19.5 Å². The van der Waals surface area contributed by atoms with Crippen molar-refractivity contribution < 1.29 is 27.1 Å². The van der Waals surface area contributed by atoms with Crippen LogP contribution in [0.3, 0.4) is 0 Å². The molecule has 0 atom stereocenters. The highest BCUT2D eigenvalue weighted by Crippen LogP contribution is 2.33. The number of morpholine rings is 1. The first-order valence-electron chi connectivity index (χ1n) is 9.71. The maximum atomic E-state index is 13.2. The Morgan fingerprint density at radius 2 is 1.83 bits per heavy atom. The van der Waals surface area contributed by atoms with Crippen LogP contribution >= 0.6 is 0 Å². The van der Waals surface area contributed by atoms with Crippen LogP contribution in [0.4, 0.5) is 10.1 Å². The van der Waals surface area contributed by atoms with E-state index in [1.54, 1.807) is 0 Å². The van der Waals surface area contributed by atoms with Crippen LogP contribution < -0.4 is 10.1 Å². The van der Waals surface area contributed by atoms with Crippen molar-refractivity contribution in [2.45, 2.75) is 25.2 Å². The molecule has 0 spiro atoms. The number of benzene rings is 2. The number of amides is 1. The Balaban J connectivity index is 1.93. The normalized spacial score (nSPS) is 15.2. The number of nitrogens with one attached hydrogen (secondary N) is 1. The van der Waals surface area contributed by atoms with E-state index < -0.39 is 15.8 Å². The Kier molecular flexibility index (Phi) is 7.06. The van der Waals surface area contributed by atoms with E-state index in [2.05, 4.69) is 5.32 Å². The fourth-order valence-electron chi connectivity index (χ4n) is 2.99. The maximum Gasteiger partial charge on any atom is 0.243 e. The lowest BCUT2D eigenvalue weighted by molar-refractivity contribution is -0.116. The van der Waals surface area contributed by atoms with E-state index in [1.165, 1.54) is 46.8 Å². The van der Waals surface area contributed by atoms with Gasteiger partial charge in [-0.2, -0.15) is 4.31 Å². The quantitative estimate of drug-likeness (QED) is 0.717. The minimum atomic E-state index is -3.74. The molecule has 30 heavy (non-hydrogen) atoms. The molecule has 1 aliphatic rings. The summed E-state index contributed by atoms with van der Waals surface area (Å²) in [7, 11) is -3.74. The topological polar surface area (TPSA) is 84.9 Å². The first-order valence-corrected chi connectivity index (χ1v) is 11.1. The lowest BCUT2D eigenvalue weighted by Gasteiger charge is -2.26. The fraction of sp³-hybridized carbons (Fsp3) is 0.381. The van der Waals surface area contributed by atoms with Crippen LogP contribution in [0.5, 0.6) is 11.5 Å². The third-order valence-corrected chi connectivity index (χ3v) is 6.36. The molecule has 1 N–H and O–H groups in total. The third kappa shape index (κ3) is 5.56. The van der Waals surface area contributed by atoms with Gasteiger partial charge in [0.1, 0.15) is 11.6 Å². The molecular weight excluding hydrogens is 411 g/mol. The molecule has 0 bridgehead atoms. The number of rotatable bonds is 7. The standard InChI is InChI=1S/C21H25FN2O5S/c1-15(2)13-21(25)23-19-14-18(30(26,27)24-9-11-28-12-10-24)7-8-20(19)29-17-5-3-16(22)4-6-17/h3-8,14-15H,9-13H2,1-2H3,(H,23,25). The molecule has 0 aliphatic carbocycles. The molecule has 0 aromatic heterocycles. The maximum absolute atomic E-state index is 13.2. The van der Waals surface area contributed by atoms with E-state index in [-0.39, 0.29) is 47.7 Å². The van der Waals surface area contributed by atoms with E-state index in [4.69, 9.17) is 9.47 Å². The lowest BCUT2D eigenvalue weighted by atomic mass is 10.1. The van der Waals surface area contributed by atoms with Gasteiger partial charge in [0.2, 0.25) is 15.9 Å². The zero-order valence-electron chi connectivity index (χ0n) is 16.9. The second-order valence-electron chi connectivity index (χ2n) is 7.38. The molecule has 7 nitrogen and oxygen atoms in total. The number of halogens is 1. The van der Waals surface area contributed by atoms with Crippen LogP contribution in [0.1, 0.15) is 20.3 Å². The summed E-state index contributed by atoms with van der Waals surface area (Å²) >= 11 is 0. The van der Waals surface area contributed by atoms with Crippen molar-refractivity contribution >= 4 is 21.6 Å². The second kappa shape index (κ2) is 9.55. The SMILES string of the molecule is CC(C)CC(=O)Nc1cc(S(=O)(=O)N2CCOCC2)ccc1Oc1ccc(F)cc1. The van der Waals surface area contributed by atoms with Gasteiger partial charge in [0.15, 0.2) is 5.75 Å². The molecule has 162 valence electrons. The molecule has 0 saturated carbocycles. The molecule has 0 radical (unpaired) electrons. The van der Waals surface area contributed by atoms with Crippen molar-refractivity contribution in [2.24, 2.45) is 5.92 Å². The number of carbonyl (C=O) groups excluding carboxylic acids is 1. The van der Waals surface area contributed by atoms with Gasteiger partial charge in [0.25, 0.3) is 0 Å². The first kappa shape index (κ1) is 22.2. The molecule has 3 rings (SSSR count). The van der Waals surface area contributed by atoms with Crippen LogP contribution in [0, 0.1) is 11.7 Å². The van der Waals surface area contributed by atoms with Gasteiger partial charge in [-0.3, -0.25) is 4.79 Å². The van der Waals surface area contributed by atoms with Gasteiger partial charge in [-0.05, 0) is 48.4 Å². The molecule has 1 saturated heterocycles.